The van der Waals surface area contributed by atoms with Gasteiger partial charge in [-0.3, -0.25) is 4.68 Å². The van der Waals surface area contributed by atoms with Crippen LogP contribution >= 0.6 is 0 Å². The van der Waals surface area contributed by atoms with Gasteiger partial charge < -0.3 is 4.52 Å². The quantitative estimate of drug-likeness (QED) is 0.864. The number of hydrogen-bond donors (Lipinski definition) is 1. The molecule has 9 heteroatoms. The number of nitrogens with zero attached hydrogens (tertiary/aromatic N) is 4. The van der Waals surface area contributed by atoms with E-state index in [1.807, 2.05) is 6.92 Å². The van der Waals surface area contributed by atoms with E-state index in [1.54, 1.807) is 13.8 Å². The first-order valence-electron chi connectivity index (χ1n) is 5.77. The summed E-state index contributed by atoms with van der Waals surface area (Å²) in [6, 6.07) is -0.601. The van der Waals surface area contributed by atoms with Gasteiger partial charge in [0.1, 0.15) is 4.90 Å². The van der Waals surface area contributed by atoms with Gasteiger partial charge in [-0.15, -0.1) is 0 Å². The largest absolute Gasteiger partial charge is 0.338 e. The third-order valence-electron chi connectivity index (χ3n) is 2.49. The molecule has 0 bridgehead atoms. The van der Waals surface area contributed by atoms with E-state index in [0.29, 0.717) is 12.4 Å². The van der Waals surface area contributed by atoms with E-state index in [9.17, 15) is 8.42 Å². The van der Waals surface area contributed by atoms with E-state index in [2.05, 4.69) is 20.0 Å². The molecule has 0 amide bonds. The van der Waals surface area contributed by atoms with Crippen molar-refractivity contribution in [1.29, 1.82) is 0 Å². The summed E-state index contributed by atoms with van der Waals surface area (Å²) >= 11 is 0. The van der Waals surface area contributed by atoms with Gasteiger partial charge in [0.2, 0.25) is 15.9 Å². The van der Waals surface area contributed by atoms with Crippen molar-refractivity contribution in [3.05, 3.63) is 24.1 Å². The highest BCUT2D eigenvalue weighted by molar-refractivity contribution is 7.89. The van der Waals surface area contributed by atoms with E-state index >= 15 is 0 Å². The van der Waals surface area contributed by atoms with Crippen molar-refractivity contribution in [2.75, 3.05) is 0 Å². The van der Waals surface area contributed by atoms with Gasteiger partial charge in [0, 0.05) is 12.7 Å². The first-order chi connectivity index (χ1) is 8.92. The zero-order valence-corrected chi connectivity index (χ0v) is 11.7. The van der Waals surface area contributed by atoms with Crippen LogP contribution in [0.25, 0.3) is 0 Å². The van der Waals surface area contributed by atoms with Gasteiger partial charge in [-0.1, -0.05) is 5.16 Å². The first-order valence-corrected chi connectivity index (χ1v) is 7.25. The molecule has 0 saturated carbocycles. The van der Waals surface area contributed by atoms with Crippen LogP contribution in [0.2, 0.25) is 0 Å². The summed E-state index contributed by atoms with van der Waals surface area (Å²) in [5, 5.41) is 7.55. The average Bonchev–Trinajstić information content (AvgIpc) is 2.96. The Morgan fingerprint density at radius 2 is 2.26 bits per heavy atom. The molecule has 0 fully saturated rings. The molecule has 0 aliphatic heterocycles. The second kappa shape index (κ2) is 5.10. The Morgan fingerprint density at radius 1 is 1.53 bits per heavy atom. The molecule has 1 atom stereocenters. The predicted octanol–water partition coefficient (Wildman–Crippen LogP) is 0.634. The fourth-order valence-corrected chi connectivity index (χ4v) is 2.65. The molecule has 2 aromatic heterocycles. The SMILES string of the molecule is CCn1cc(S(=O)(=O)N[C@@H](C)c2nc(C)no2)cn1. The van der Waals surface area contributed by atoms with E-state index in [4.69, 9.17) is 4.52 Å². The van der Waals surface area contributed by atoms with E-state index in [-0.39, 0.29) is 10.8 Å². The van der Waals surface area contributed by atoms with Crippen LogP contribution in [0.5, 0.6) is 0 Å². The lowest BCUT2D eigenvalue weighted by Crippen LogP contribution is -2.26. The molecular weight excluding hydrogens is 270 g/mol. The highest BCUT2D eigenvalue weighted by Gasteiger charge is 2.23. The minimum absolute atomic E-state index is 0.109. The minimum Gasteiger partial charge on any atom is -0.338 e. The molecule has 0 aliphatic rings. The van der Waals surface area contributed by atoms with Crippen LogP contribution in [0.15, 0.2) is 21.8 Å². The van der Waals surface area contributed by atoms with Crippen molar-refractivity contribution in [3.8, 4) is 0 Å². The number of nitrogens with one attached hydrogen (secondary N) is 1. The third-order valence-corrected chi connectivity index (χ3v) is 3.98. The van der Waals surface area contributed by atoms with Crippen LogP contribution in [0.3, 0.4) is 0 Å². The van der Waals surface area contributed by atoms with Gasteiger partial charge in [0.15, 0.2) is 5.82 Å². The van der Waals surface area contributed by atoms with Crippen LogP contribution < -0.4 is 4.72 Å². The van der Waals surface area contributed by atoms with E-state index in [0.717, 1.165) is 0 Å². The Hall–Kier alpha value is -1.74. The van der Waals surface area contributed by atoms with Crippen molar-refractivity contribution in [1.82, 2.24) is 24.6 Å². The predicted molar refractivity (Wildman–Crippen MR) is 65.7 cm³/mol. The van der Waals surface area contributed by atoms with Crippen LogP contribution in [0.4, 0.5) is 0 Å². The fraction of sp³-hybridized carbons (Fsp3) is 0.500. The van der Waals surface area contributed by atoms with Crippen molar-refractivity contribution < 1.29 is 12.9 Å². The first kappa shape index (κ1) is 13.7. The van der Waals surface area contributed by atoms with Gasteiger partial charge in [-0.2, -0.15) is 14.8 Å². The van der Waals surface area contributed by atoms with E-state index < -0.39 is 16.1 Å². The van der Waals surface area contributed by atoms with Gasteiger partial charge in [-0.05, 0) is 20.8 Å². The normalized spacial score (nSPS) is 13.6. The van der Waals surface area contributed by atoms with Gasteiger partial charge >= 0.3 is 0 Å². The molecule has 104 valence electrons. The highest BCUT2D eigenvalue weighted by Crippen LogP contribution is 2.14. The maximum atomic E-state index is 12.1. The monoisotopic (exact) mass is 285 g/mol. The molecule has 0 radical (unpaired) electrons. The highest BCUT2D eigenvalue weighted by atomic mass is 32.2. The Kier molecular flexibility index (Phi) is 3.67. The van der Waals surface area contributed by atoms with Crippen LogP contribution in [-0.4, -0.2) is 28.3 Å². The molecule has 2 aromatic rings. The molecule has 19 heavy (non-hydrogen) atoms. The molecule has 0 unspecified atom stereocenters. The lowest BCUT2D eigenvalue weighted by atomic mass is 10.4. The number of sulfonamides is 1. The minimum atomic E-state index is -3.65. The molecular formula is C10H15N5O3S. The number of aryl methyl sites for hydroxylation is 2. The fourth-order valence-electron chi connectivity index (χ4n) is 1.50. The summed E-state index contributed by atoms with van der Waals surface area (Å²) in [5.74, 6) is 0.684. The smallest absolute Gasteiger partial charge is 0.244 e. The van der Waals surface area contributed by atoms with Crippen LogP contribution in [-0.2, 0) is 16.6 Å². The summed E-state index contributed by atoms with van der Waals surface area (Å²) in [7, 11) is -3.65. The summed E-state index contributed by atoms with van der Waals surface area (Å²) in [4.78, 5) is 4.09. The number of hydrogen-bond acceptors (Lipinski definition) is 6. The standard InChI is InChI=1S/C10H15N5O3S/c1-4-15-6-9(5-11-15)19(16,17)14-7(2)10-12-8(3)13-18-10/h5-7,14H,4H2,1-3H3/t7-/m0/s1. The summed E-state index contributed by atoms with van der Waals surface area (Å²) in [5.41, 5.74) is 0. The maximum Gasteiger partial charge on any atom is 0.244 e. The Labute approximate surface area is 110 Å². The van der Waals surface area contributed by atoms with E-state index in [1.165, 1.54) is 17.1 Å². The van der Waals surface area contributed by atoms with Gasteiger partial charge in [0.25, 0.3) is 0 Å². The summed E-state index contributed by atoms with van der Waals surface area (Å²) in [6.07, 6.45) is 2.77. The number of rotatable bonds is 5. The van der Waals surface area contributed by atoms with Crippen molar-refractivity contribution in [2.45, 2.75) is 38.3 Å². The molecule has 0 aromatic carbocycles. The molecule has 0 spiro atoms. The van der Waals surface area contributed by atoms with Gasteiger partial charge in [-0.25, -0.2) is 8.42 Å². The van der Waals surface area contributed by atoms with Crippen molar-refractivity contribution in [2.24, 2.45) is 0 Å². The molecule has 0 saturated heterocycles. The van der Waals surface area contributed by atoms with Crippen LogP contribution in [0.1, 0.15) is 31.6 Å². The molecule has 1 N–H and O–H groups in total. The second-order valence-corrected chi connectivity index (χ2v) is 5.77. The summed E-state index contributed by atoms with van der Waals surface area (Å²) < 4.78 is 33.1. The zero-order valence-electron chi connectivity index (χ0n) is 10.9. The number of aromatic nitrogens is 4. The van der Waals surface area contributed by atoms with Gasteiger partial charge in [0.05, 0.1) is 12.2 Å². The average molecular weight is 285 g/mol. The maximum absolute atomic E-state index is 12.1. The zero-order chi connectivity index (χ0) is 14.0. The lowest BCUT2D eigenvalue weighted by Gasteiger charge is -2.08. The Morgan fingerprint density at radius 3 is 2.79 bits per heavy atom. The van der Waals surface area contributed by atoms with Crippen LogP contribution in [0, 0.1) is 6.92 Å². The second-order valence-electron chi connectivity index (χ2n) is 4.05. The van der Waals surface area contributed by atoms with Crippen molar-refractivity contribution >= 4 is 10.0 Å². The van der Waals surface area contributed by atoms with Crippen molar-refractivity contribution in [3.63, 3.8) is 0 Å². The molecule has 2 heterocycles. The Balaban J connectivity index is 2.17. The Bertz CT molecular complexity index is 660. The lowest BCUT2D eigenvalue weighted by molar-refractivity contribution is 0.351. The topological polar surface area (TPSA) is 103 Å². The summed E-state index contributed by atoms with van der Waals surface area (Å²) in [6.45, 7) is 5.78. The molecule has 2 rings (SSSR count). The molecule has 0 aliphatic carbocycles. The molecule has 8 nitrogen and oxygen atoms in total. The third kappa shape index (κ3) is 2.99.